The Labute approximate surface area is 111 Å². The van der Waals surface area contributed by atoms with Gasteiger partial charge in [-0.1, -0.05) is 19.3 Å². The van der Waals surface area contributed by atoms with Gasteiger partial charge in [0.15, 0.2) is 0 Å². The van der Waals surface area contributed by atoms with E-state index in [0.29, 0.717) is 0 Å². The van der Waals surface area contributed by atoms with Crippen molar-refractivity contribution in [1.82, 2.24) is 5.32 Å². The van der Waals surface area contributed by atoms with Crippen LogP contribution in [0.15, 0.2) is 15.9 Å². The van der Waals surface area contributed by atoms with Crippen LogP contribution in [-0.2, 0) is 6.42 Å². The number of rotatable bonds is 3. The second-order valence-electron chi connectivity index (χ2n) is 4.73. The van der Waals surface area contributed by atoms with E-state index < -0.39 is 0 Å². The van der Waals surface area contributed by atoms with Crippen molar-refractivity contribution < 1.29 is 0 Å². The Hall–Kier alpha value is 0.140. The summed E-state index contributed by atoms with van der Waals surface area (Å²) in [5.74, 6) is 0.832. The predicted molar refractivity (Wildman–Crippen MR) is 75.1 cm³/mol. The molecule has 0 amide bonds. The SMILES string of the molecule is CNC1CCCCCC1Cc1cc(Br)cs1. The molecular formula is C13H20BrNS. The lowest BCUT2D eigenvalue weighted by Crippen LogP contribution is -2.33. The second-order valence-corrected chi connectivity index (χ2v) is 6.64. The van der Waals surface area contributed by atoms with Gasteiger partial charge in [-0.15, -0.1) is 11.3 Å². The maximum Gasteiger partial charge on any atom is 0.0285 e. The molecular weight excluding hydrogens is 282 g/mol. The van der Waals surface area contributed by atoms with Crippen molar-refractivity contribution in [2.45, 2.75) is 44.6 Å². The number of hydrogen-bond donors (Lipinski definition) is 1. The van der Waals surface area contributed by atoms with Gasteiger partial charge in [-0.25, -0.2) is 0 Å². The van der Waals surface area contributed by atoms with E-state index in [4.69, 9.17) is 0 Å². The van der Waals surface area contributed by atoms with E-state index in [1.54, 1.807) is 0 Å². The lowest BCUT2D eigenvalue weighted by Gasteiger charge is -2.24. The highest BCUT2D eigenvalue weighted by Gasteiger charge is 2.22. The molecule has 0 spiro atoms. The van der Waals surface area contributed by atoms with Gasteiger partial charge in [-0.05, 0) is 54.2 Å². The molecule has 0 saturated heterocycles. The van der Waals surface area contributed by atoms with E-state index in [0.717, 1.165) is 12.0 Å². The average molecular weight is 302 g/mol. The van der Waals surface area contributed by atoms with E-state index in [1.807, 2.05) is 11.3 Å². The molecule has 16 heavy (non-hydrogen) atoms. The zero-order chi connectivity index (χ0) is 11.4. The topological polar surface area (TPSA) is 12.0 Å². The summed E-state index contributed by atoms with van der Waals surface area (Å²) in [6.07, 6.45) is 8.23. The highest BCUT2D eigenvalue weighted by molar-refractivity contribution is 9.10. The molecule has 1 nitrogen and oxygen atoms in total. The Morgan fingerprint density at radius 3 is 2.88 bits per heavy atom. The Morgan fingerprint density at radius 2 is 2.19 bits per heavy atom. The molecule has 1 aromatic rings. The first-order valence-corrected chi connectivity index (χ1v) is 7.87. The number of halogens is 1. The van der Waals surface area contributed by atoms with Crippen LogP contribution >= 0.6 is 27.3 Å². The Morgan fingerprint density at radius 1 is 1.38 bits per heavy atom. The maximum absolute atomic E-state index is 3.54. The maximum atomic E-state index is 3.54. The molecule has 3 heteroatoms. The molecule has 90 valence electrons. The Bertz CT molecular complexity index is 323. The first-order valence-electron chi connectivity index (χ1n) is 6.20. The van der Waals surface area contributed by atoms with Crippen LogP contribution in [0.25, 0.3) is 0 Å². The van der Waals surface area contributed by atoms with Gasteiger partial charge < -0.3 is 5.32 Å². The molecule has 2 unspecified atom stereocenters. The second kappa shape index (κ2) is 6.18. The van der Waals surface area contributed by atoms with Crippen molar-refractivity contribution in [3.63, 3.8) is 0 Å². The smallest absolute Gasteiger partial charge is 0.0285 e. The molecule has 2 atom stereocenters. The zero-order valence-electron chi connectivity index (χ0n) is 9.84. The fraction of sp³-hybridized carbons (Fsp3) is 0.692. The average Bonchev–Trinajstić information content (AvgIpc) is 2.56. The van der Waals surface area contributed by atoms with Crippen molar-refractivity contribution >= 4 is 27.3 Å². The molecule has 1 aromatic heterocycles. The summed E-state index contributed by atoms with van der Waals surface area (Å²) >= 11 is 5.43. The number of nitrogens with one attached hydrogen (secondary N) is 1. The third-order valence-corrected chi connectivity index (χ3v) is 5.33. The zero-order valence-corrected chi connectivity index (χ0v) is 12.2. The van der Waals surface area contributed by atoms with Crippen molar-refractivity contribution in [2.24, 2.45) is 5.92 Å². The number of hydrogen-bond acceptors (Lipinski definition) is 2. The molecule has 1 aliphatic rings. The molecule has 0 radical (unpaired) electrons. The van der Waals surface area contributed by atoms with Crippen LogP contribution in [0.1, 0.15) is 37.0 Å². The van der Waals surface area contributed by atoms with Gasteiger partial charge in [-0.3, -0.25) is 0 Å². The fourth-order valence-electron chi connectivity index (χ4n) is 2.73. The van der Waals surface area contributed by atoms with Crippen molar-refractivity contribution in [1.29, 1.82) is 0 Å². The van der Waals surface area contributed by atoms with Crippen LogP contribution < -0.4 is 5.32 Å². The van der Waals surface area contributed by atoms with Gasteiger partial charge in [0.1, 0.15) is 0 Å². The first-order chi connectivity index (χ1) is 7.79. The van der Waals surface area contributed by atoms with Crippen molar-refractivity contribution in [3.8, 4) is 0 Å². The predicted octanol–water partition coefficient (Wildman–Crippen LogP) is 4.22. The highest BCUT2D eigenvalue weighted by Crippen LogP contribution is 2.29. The van der Waals surface area contributed by atoms with Crippen LogP contribution in [0, 0.1) is 5.92 Å². The van der Waals surface area contributed by atoms with E-state index in [-0.39, 0.29) is 0 Å². The largest absolute Gasteiger partial charge is 0.317 e. The third-order valence-electron chi connectivity index (χ3n) is 3.62. The highest BCUT2D eigenvalue weighted by atomic mass is 79.9. The molecule has 1 fully saturated rings. The summed E-state index contributed by atoms with van der Waals surface area (Å²) in [4.78, 5) is 1.53. The van der Waals surface area contributed by atoms with Crippen LogP contribution in [-0.4, -0.2) is 13.1 Å². The molecule has 2 rings (SSSR count). The van der Waals surface area contributed by atoms with E-state index in [1.165, 1.54) is 47.9 Å². The summed E-state index contributed by atoms with van der Waals surface area (Å²) in [5.41, 5.74) is 0. The van der Waals surface area contributed by atoms with Crippen LogP contribution in [0.3, 0.4) is 0 Å². The Balaban J connectivity index is 1.99. The minimum Gasteiger partial charge on any atom is -0.317 e. The lowest BCUT2D eigenvalue weighted by molar-refractivity contribution is 0.352. The van der Waals surface area contributed by atoms with Gasteiger partial charge in [0.2, 0.25) is 0 Å². The van der Waals surface area contributed by atoms with Crippen molar-refractivity contribution in [3.05, 3.63) is 20.8 Å². The summed E-state index contributed by atoms with van der Waals surface area (Å²) in [6, 6.07) is 3.01. The van der Waals surface area contributed by atoms with Crippen LogP contribution in [0.2, 0.25) is 0 Å². The van der Waals surface area contributed by atoms with Gasteiger partial charge in [0.25, 0.3) is 0 Å². The molecule has 1 aliphatic carbocycles. The summed E-state index contributed by atoms with van der Waals surface area (Å²) < 4.78 is 1.24. The monoisotopic (exact) mass is 301 g/mol. The van der Waals surface area contributed by atoms with Gasteiger partial charge in [-0.2, -0.15) is 0 Å². The van der Waals surface area contributed by atoms with Crippen molar-refractivity contribution in [2.75, 3.05) is 7.05 Å². The van der Waals surface area contributed by atoms with Crippen LogP contribution in [0.4, 0.5) is 0 Å². The molecule has 0 bridgehead atoms. The number of thiophene rings is 1. The van der Waals surface area contributed by atoms with E-state index in [9.17, 15) is 0 Å². The minimum atomic E-state index is 0.725. The normalized spacial score (nSPS) is 26.6. The molecule has 1 N–H and O–H groups in total. The standard InChI is InChI=1S/C13H20BrNS/c1-15-13-6-4-2-3-5-10(13)7-12-8-11(14)9-16-12/h8-10,13,15H,2-7H2,1H3. The van der Waals surface area contributed by atoms with E-state index in [2.05, 4.69) is 39.7 Å². The molecule has 0 aromatic carbocycles. The summed E-state index contributed by atoms with van der Waals surface area (Å²) in [6.45, 7) is 0. The van der Waals surface area contributed by atoms with Gasteiger partial charge >= 0.3 is 0 Å². The fourth-order valence-corrected chi connectivity index (χ4v) is 4.27. The Kier molecular flexibility index (Phi) is 4.86. The molecule has 1 heterocycles. The van der Waals surface area contributed by atoms with Gasteiger partial charge in [0.05, 0.1) is 0 Å². The minimum absolute atomic E-state index is 0.725. The summed E-state index contributed by atoms with van der Waals surface area (Å²) in [5, 5.41) is 5.71. The third kappa shape index (κ3) is 3.31. The first kappa shape index (κ1) is 12.6. The lowest BCUT2D eigenvalue weighted by atomic mass is 9.91. The van der Waals surface area contributed by atoms with Gasteiger partial charge in [0, 0.05) is 20.8 Å². The molecule has 0 aliphatic heterocycles. The van der Waals surface area contributed by atoms with Crippen LogP contribution in [0.5, 0.6) is 0 Å². The molecule has 1 saturated carbocycles. The quantitative estimate of drug-likeness (QED) is 0.824. The summed E-state index contributed by atoms with van der Waals surface area (Å²) in [7, 11) is 2.12. The van der Waals surface area contributed by atoms with E-state index >= 15 is 0 Å².